The van der Waals surface area contributed by atoms with Gasteiger partial charge in [0.05, 0.1) is 5.69 Å². The van der Waals surface area contributed by atoms with Gasteiger partial charge < -0.3 is 14.8 Å². The number of ether oxygens (including phenoxy) is 2. The summed E-state index contributed by atoms with van der Waals surface area (Å²) in [7, 11) is 0. The molecule has 0 spiro atoms. The van der Waals surface area contributed by atoms with Crippen LogP contribution >= 0.6 is 0 Å². The third-order valence-corrected chi connectivity index (χ3v) is 2.92. The first-order valence-corrected chi connectivity index (χ1v) is 8.79. The van der Waals surface area contributed by atoms with E-state index in [0.717, 1.165) is 0 Å². The molecule has 0 aliphatic rings. The van der Waals surface area contributed by atoms with Gasteiger partial charge in [0.1, 0.15) is 17.0 Å². The average molecular weight is 380 g/mol. The lowest BCUT2D eigenvalue weighted by Crippen LogP contribution is -2.32. The fourth-order valence-electron chi connectivity index (χ4n) is 1.94. The molecule has 0 atom stereocenters. The van der Waals surface area contributed by atoms with Crippen LogP contribution in [-0.2, 0) is 9.47 Å². The molecule has 1 aromatic carbocycles. The van der Waals surface area contributed by atoms with Crippen molar-refractivity contribution in [3.05, 3.63) is 35.7 Å². The number of carbonyl (C=O) groups excluding carboxylic acids is 2. The van der Waals surface area contributed by atoms with Crippen LogP contribution in [0.15, 0.2) is 24.3 Å². The van der Waals surface area contributed by atoms with Crippen molar-refractivity contribution in [3.8, 4) is 0 Å². The first-order chi connectivity index (χ1) is 12.4. The number of halogens is 1. The fraction of sp³-hybridized carbons (Fsp3) is 0.500. The number of benzene rings is 1. The van der Waals surface area contributed by atoms with Crippen molar-refractivity contribution in [2.45, 2.75) is 59.2 Å². The van der Waals surface area contributed by atoms with Crippen LogP contribution in [0, 0.1) is 5.82 Å². The number of alkyl carbamates (subject to hydrolysis) is 1. The Morgan fingerprint density at radius 2 is 1.63 bits per heavy atom. The van der Waals surface area contributed by atoms with Crippen LogP contribution < -0.4 is 10.6 Å². The Balaban J connectivity index is 2.49. The lowest BCUT2D eigenvalue weighted by Gasteiger charge is -2.19. The van der Waals surface area contributed by atoms with E-state index >= 15 is 0 Å². The summed E-state index contributed by atoms with van der Waals surface area (Å²) in [6, 6.07) is 4.45. The Hall–Kier alpha value is -2.57. The normalized spacial score (nSPS) is 12.0. The van der Waals surface area contributed by atoms with E-state index in [9.17, 15) is 14.0 Å². The Morgan fingerprint density at radius 1 is 1.04 bits per heavy atom. The third kappa shape index (κ3) is 10.2. The number of hydrogen-bond donors (Lipinski definition) is 2. The van der Waals surface area contributed by atoms with E-state index in [4.69, 9.17) is 9.47 Å². The summed E-state index contributed by atoms with van der Waals surface area (Å²) in [5.74, 6) is -0.560. The summed E-state index contributed by atoms with van der Waals surface area (Å²) in [4.78, 5) is 23.2. The molecule has 1 aromatic rings. The van der Waals surface area contributed by atoms with Crippen LogP contribution in [0.5, 0.6) is 0 Å². The van der Waals surface area contributed by atoms with Crippen LogP contribution in [0.1, 0.15) is 53.5 Å². The summed E-state index contributed by atoms with van der Waals surface area (Å²) >= 11 is 0. The van der Waals surface area contributed by atoms with Gasteiger partial charge in [-0.3, -0.25) is 5.32 Å². The molecular formula is C20H29FN2O4. The molecule has 0 aromatic heterocycles. The van der Waals surface area contributed by atoms with E-state index in [0.29, 0.717) is 18.5 Å². The zero-order valence-electron chi connectivity index (χ0n) is 16.8. The minimum atomic E-state index is -0.710. The molecule has 150 valence electrons. The Labute approximate surface area is 160 Å². The van der Waals surface area contributed by atoms with Gasteiger partial charge in [-0.15, -0.1) is 0 Å². The maximum absolute atomic E-state index is 14.1. The highest BCUT2D eigenvalue weighted by Crippen LogP contribution is 2.18. The largest absolute Gasteiger partial charge is 0.444 e. The van der Waals surface area contributed by atoms with Crippen molar-refractivity contribution in [2.75, 3.05) is 11.9 Å². The lowest BCUT2D eigenvalue weighted by molar-refractivity contribution is 0.0527. The quantitative estimate of drug-likeness (QED) is 0.697. The molecule has 0 saturated carbocycles. The van der Waals surface area contributed by atoms with Gasteiger partial charge in [-0.05, 0) is 65.7 Å². The van der Waals surface area contributed by atoms with Crippen LogP contribution in [0.25, 0.3) is 6.08 Å². The van der Waals surface area contributed by atoms with Gasteiger partial charge >= 0.3 is 12.2 Å². The van der Waals surface area contributed by atoms with Crippen molar-refractivity contribution in [1.82, 2.24) is 5.32 Å². The Morgan fingerprint density at radius 3 is 2.19 bits per heavy atom. The molecular weight excluding hydrogens is 351 g/mol. The van der Waals surface area contributed by atoms with Crippen molar-refractivity contribution < 1.29 is 23.5 Å². The molecule has 1 rings (SSSR count). The number of hydrogen-bond acceptors (Lipinski definition) is 4. The van der Waals surface area contributed by atoms with Crippen LogP contribution in [0.2, 0.25) is 0 Å². The van der Waals surface area contributed by atoms with Crippen molar-refractivity contribution in [2.24, 2.45) is 0 Å². The average Bonchev–Trinajstić information content (AvgIpc) is 2.45. The first-order valence-electron chi connectivity index (χ1n) is 8.79. The number of carbonyl (C=O) groups is 2. The molecule has 0 heterocycles. The maximum atomic E-state index is 14.1. The predicted molar refractivity (Wildman–Crippen MR) is 104 cm³/mol. The van der Waals surface area contributed by atoms with Gasteiger partial charge in [-0.25, -0.2) is 14.0 Å². The van der Waals surface area contributed by atoms with E-state index in [1.807, 2.05) is 6.08 Å². The van der Waals surface area contributed by atoms with Gasteiger partial charge in [0.2, 0.25) is 0 Å². The number of anilines is 1. The SMILES string of the molecule is CC(C)(C)OC(=O)NCCC=Cc1ccc(NC(=O)OC(C)(C)C)c(F)c1. The molecule has 6 nitrogen and oxygen atoms in total. The second-order valence-corrected chi connectivity index (χ2v) is 7.99. The van der Waals surface area contributed by atoms with Gasteiger partial charge in [0, 0.05) is 6.54 Å². The van der Waals surface area contributed by atoms with Crippen LogP contribution in [-0.4, -0.2) is 29.9 Å². The van der Waals surface area contributed by atoms with Gasteiger partial charge in [-0.1, -0.05) is 18.2 Å². The molecule has 0 saturated heterocycles. The highest BCUT2D eigenvalue weighted by molar-refractivity contribution is 5.85. The molecule has 7 heteroatoms. The fourth-order valence-corrected chi connectivity index (χ4v) is 1.94. The Kier molecular flexibility index (Phi) is 7.82. The predicted octanol–water partition coefficient (Wildman–Crippen LogP) is 5.10. The topological polar surface area (TPSA) is 76.7 Å². The summed E-state index contributed by atoms with van der Waals surface area (Å²) in [6.45, 7) is 11.0. The molecule has 0 fully saturated rings. The van der Waals surface area contributed by atoms with E-state index in [2.05, 4.69) is 10.6 Å². The Bertz CT molecular complexity index is 688. The van der Waals surface area contributed by atoms with Crippen LogP contribution in [0.4, 0.5) is 19.7 Å². The summed E-state index contributed by atoms with van der Waals surface area (Å²) < 4.78 is 24.3. The highest BCUT2D eigenvalue weighted by Gasteiger charge is 2.17. The molecule has 0 radical (unpaired) electrons. The highest BCUT2D eigenvalue weighted by atomic mass is 19.1. The zero-order chi connectivity index (χ0) is 20.7. The standard InChI is InChI=1S/C20H29FN2O4/c1-19(2,3)26-17(24)22-12-8-7-9-14-10-11-16(15(21)13-14)23-18(25)27-20(4,5)6/h7,9-11,13H,8,12H2,1-6H3,(H,22,24)(H,23,25). The van der Waals surface area contributed by atoms with Gasteiger partial charge in [-0.2, -0.15) is 0 Å². The summed E-state index contributed by atoms with van der Waals surface area (Å²) in [5, 5.41) is 5.02. The van der Waals surface area contributed by atoms with E-state index in [-0.39, 0.29) is 5.69 Å². The second-order valence-electron chi connectivity index (χ2n) is 7.99. The second kappa shape index (κ2) is 9.39. The van der Waals surface area contributed by atoms with Crippen LogP contribution in [0.3, 0.4) is 0 Å². The van der Waals surface area contributed by atoms with Gasteiger partial charge in [0.25, 0.3) is 0 Å². The van der Waals surface area contributed by atoms with E-state index < -0.39 is 29.2 Å². The van der Waals surface area contributed by atoms with E-state index in [1.54, 1.807) is 53.7 Å². The maximum Gasteiger partial charge on any atom is 0.412 e. The molecule has 0 bridgehead atoms. The summed E-state index contributed by atoms with van der Waals surface area (Å²) in [5.41, 5.74) is -0.504. The van der Waals surface area contributed by atoms with Crippen molar-refractivity contribution >= 4 is 23.9 Å². The van der Waals surface area contributed by atoms with E-state index in [1.165, 1.54) is 12.1 Å². The minimum Gasteiger partial charge on any atom is -0.444 e. The zero-order valence-corrected chi connectivity index (χ0v) is 16.8. The van der Waals surface area contributed by atoms with Crippen molar-refractivity contribution in [1.29, 1.82) is 0 Å². The number of rotatable bonds is 5. The molecule has 27 heavy (non-hydrogen) atoms. The minimum absolute atomic E-state index is 0.0491. The molecule has 0 aliphatic heterocycles. The lowest BCUT2D eigenvalue weighted by atomic mass is 10.1. The smallest absolute Gasteiger partial charge is 0.412 e. The third-order valence-electron chi connectivity index (χ3n) is 2.92. The van der Waals surface area contributed by atoms with Crippen molar-refractivity contribution in [3.63, 3.8) is 0 Å². The summed E-state index contributed by atoms with van der Waals surface area (Å²) in [6.07, 6.45) is 2.93. The number of nitrogens with one attached hydrogen (secondary N) is 2. The molecule has 2 amide bonds. The monoisotopic (exact) mass is 380 g/mol. The molecule has 0 aliphatic carbocycles. The molecule has 0 unspecified atom stereocenters. The first kappa shape index (κ1) is 22.5. The number of amides is 2. The van der Waals surface area contributed by atoms with Gasteiger partial charge in [0.15, 0.2) is 0 Å². The molecule has 2 N–H and O–H groups in total.